The highest BCUT2D eigenvalue weighted by Gasteiger charge is 2.26. The molecule has 1 unspecified atom stereocenters. The molecule has 4 heteroatoms. The summed E-state index contributed by atoms with van der Waals surface area (Å²) in [7, 11) is 0. The van der Waals surface area contributed by atoms with Crippen LogP contribution in [-0.2, 0) is 0 Å². The van der Waals surface area contributed by atoms with Crippen molar-refractivity contribution in [2.24, 2.45) is 5.92 Å². The zero-order chi connectivity index (χ0) is 13.7. The minimum Gasteiger partial charge on any atom is -0.385 e. The normalized spacial score (nSPS) is 18.6. The number of amides is 1. The number of aromatic nitrogens is 1. The predicted molar refractivity (Wildman–Crippen MR) is 77.3 cm³/mol. The first-order valence-electron chi connectivity index (χ1n) is 7.23. The number of anilines is 1. The third-order valence-electron chi connectivity index (χ3n) is 3.71. The van der Waals surface area contributed by atoms with Crippen LogP contribution in [0.5, 0.6) is 0 Å². The zero-order valence-corrected chi connectivity index (χ0v) is 11.9. The zero-order valence-electron chi connectivity index (χ0n) is 11.9. The quantitative estimate of drug-likeness (QED) is 0.886. The Balaban J connectivity index is 2.02. The Kier molecular flexibility index (Phi) is 4.77. The number of nitrogens with zero attached hydrogens (tertiary/aromatic N) is 2. The number of hydrogen-bond acceptors (Lipinski definition) is 3. The lowest BCUT2D eigenvalue weighted by Gasteiger charge is -2.16. The van der Waals surface area contributed by atoms with Crippen LogP contribution in [0.15, 0.2) is 18.3 Å². The summed E-state index contributed by atoms with van der Waals surface area (Å²) in [6.07, 6.45) is 5.04. The van der Waals surface area contributed by atoms with Crippen molar-refractivity contribution in [2.45, 2.75) is 33.1 Å². The number of carbonyl (C=O) groups is 1. The second kappa shape index (κ2) is 6.55. The molecule has 1 fully saturated rings. The highest BCUT2D eigenvalue weighted by atomic mass is 16.2. The number of pyridine rings is 1. The van der Waals surface area contributed by atoms with E-state index >= 15 is 0 Å². The molecule has 0 spiro atoms. The van der Waals surface area contributed by atoms with Crippen molar-refractivity contribution < 1.29 is 4.79 Å². The Bertz CT molecular complexity index is 433. The number of rotatable bonds is 5. The van der Waals surface area contributed by atoms with Crippen LogP contribution in [-0.4, -0.2) is 35.4 Å². The second-order valence-corrected chi connectivity index (χ2v) is 5.17. The van der Waals surface area contributed by atoms with E-state index in [0.717, 1.165) is 44.6 Å². The molecule has 1 aliphatic rings. The molecule has 2 heterocycles. The first kappa shape index (κ1) is 13.8. The summed E-state index contributed by atoms with van der Waals surface area (Å²) in [6, 6.07) is 3.77. The first-order valence-corrected chi connectivity index (χ1v) is 7.23. The van der Waals surface area contributed by atoms with Crippen LogP contribution in [0, 0.1) is 5.92 Å². The van der Waals surface area contributed by atoms with E-state index in [4.69, 9.17) is 0 Å². The maximum atomic E-state index is 12.4. The van der Waals surface area contributed by atoms with Gasteiger partial charge in [-0.25, -0.2) is 0 Å². The monoisotopic (exact) mass is 261 g/mol. The molecule has 1 amide bonds. The van der Waals surface area contributed by atoms with E-state index in [1.165, 1.54) is 0 Å². The molecule has 0 aromatic carbocycles. The van der Waals surface area contributed by atoms with E-state index < -0.39 is 0 Å². The number of likely N-dealkylation sites (tertiary alicyclic amines) is 1. The fourth-order valence-electron chi connectivity index (χ4n) is 2.44. The maximum Gasteiger partial charge on any atom is 0.272 e. The molecule has 0 saturated carbocycles. The van der Waals surface area contributed by atoms with E-state index in [9.17, 15) is 4.79 Å². The van der Waals surface area contributed by atoms with Gasteiger partial charge in [0.2, 0.25) is 0 Å². The molecule has 0 bridgehead atoms. The van der Waals surface area contributed by atoms with Gasteiger partial charge < -0.3 is 10.2 Å². The SMILES string of the molecule is CCCNc1ccnc(C(=O)N2CCC(CC)C2)c1. The van der Waals surface area contributed by atoms with Crippen molar-refractivity contribution in [3.8, 4) is 0 Å². The van der Waals surface area contributed by atoms with Crippen LogP contribution >= 0.6 is 0 Å². The Morgan fingerprint density at radius 2 is 2.37 bits per heavy atom. The van der Waals surface area contributed by atoms with Gasteiger partial charge in [-0.3, -0.25) is 9.78 Å². The van der Waals surface area contributed by atoms with Crippen molar-refractivity contribution in [1.29, 1.82) is 0 Å². The van der Waals surface area contributed by atoms with Gasteiger partial charge in [-0.2, -0.15) is 0 Å². The predicted octanol–water partition coefficient (Wildman–Crippen LogP) is 2.78. The Morgan fingerprint density at radius 3 is 3.05 bits per heavy atom. The van der Waals surface area contributed by atoms with Gasteiger partial charge in [-0.1, -0.05) is 20.3 Å². The lowest BCUT2D eigenvalue weighted by molar-refractivity contribution is 0.0781. The molecule has 1 saturated heterocycles. The van der Waals surface area contributed by atoms with Gasteiger partial charge in [0.05, 0.1) is 0 Å². The third kappa shape index (κ3) is 3.46. The molecule has 1 N–H and O–H groups in total. The van der Waals surface area contributed by atoms with Crippen LogP contribution in [0.25, 0.3) is 0 Å². The van der Waals surface area contributed by atoms with Crippen molar-refractivity contribution in [3.63, 3.8) is 0 Å². The minimum absolute atomic E-state index is 0.0658. The van der Waals surface area contributed by atoms with E-state index in [-0.39, 0.29) is 5.91 Å². The number of nitrogens with one attached hydrogen (secondary N) is 1. The van der Waals surface area contributed by atoms with Crippen LogP contribution < -0.4 is 5.32 Å². The molecule has 1 aliphatic heterocycles. The molecule has 1 aromatic heterocycles. The molecule has 19 heavy (non-hydrogen) atoms. The van der Waals surface area contributed by atoms with Crippen molar-refractivity contribution in [1.82, 2.24) is 9.88 Å². The average molecular weight is 261 g/mol. The molecule has 1 aromatic rings. The van der Waals surface area contributed by atoms with Gasteiger partial charge in [-0.15, -0.1) is 0 Å². The molecule has 1 atom stereocenters. The summed E-state index contributed by atoms with van der Waals surface area (Å²) < 4.78 is 0. The molecule has 104 valence electrons. The van der Waals surface area contributed by atoms with E-state index in [1.807, 2.05) is 17.0 Å². The highest BCUT2D eigenvalue weighted by Crippen LogP contribution is 2.21. The van der Waals surface area contributed by atoms with Crippen LogP contribution in [0.3, 0.4) is 0 Å². The fraction of sp³-hybridized carbons (Fsp3) is 0.600. The van der Waals surface area contributed by atoms with Gasteiger partial charge in [-0.05, 0) is 30.9 Å². The molecule has 4 nitrogen and oxygen atoms in total. The molecule has 0 radical (unpaired) electrons. The van der Waals surface area contributed by atoms with E-state index in [1.54, 1.807) is 6.20 Å². The lowest BCUT2D eigenvalue weighted by Crippen LogP contribution is -2.29. The number of hydrogen-bond donors (Lipinski definition) is 1. The molecular formula is C15H23N3O. The largest absolute Gasteiger partial charge is 0.385 e. The smallest absolute Gasteiger partial charge is 0.272 e. The van der Waals surface area contributed by atoms with Crippen LogP contribution in [0.1, 0.15) is 43.6 Å². The molecule has 2 rings (SSSR count). The highest BCUT2D eigenvalue weighted by molar-refractivity contribution is 5.93. The lowest BCUT2D eigenvalue weighted by atomic mass is 10.1. The Morgan fingerprint density at radius 1 is 1.53 bits per heavy atom. The summed E-state index contributed by atoms with van der Waals surface area (Å²) >= 11 is 0. The van der Waals surface area contributed by atoms with E-state index in [2.05, 4.69) is 24.1 Å². The first-order chi connectivity index (χ1) is 9.24. The van der Waals surface area contributed by atoms with Crippen molar-refractivity contribution in [2.75, 3.05) is 25.0 Å². The summed E-state index contributed by atoms with van der Waals surface area (Å²) in [4.78, 5) is 18.5. The van der Waals surface area contributed by atoms with Crippen LogP contribution in [0.2, 0.25) is 0 Å². The van der Waals surface area contributed by atoms with Crippen molar-refractivity contribution in [3.05, 3.63) is 24.0 Å². The molecule has 0 aliphatic carbocycles. The van der Waals surface area contributed by atoms with E-state index in [0.29, 0.717) is 11.6 Å². The summed E-state index contributed by atoms with van der Waals surface area (Å²) in [5.41, 5.74) is 1.53. The summed E-state index contributed by atoms with van der Waals surface area (Å²) in [6.45, 7) is 6.97. The van der Waals surface area contributed by atoms with Crippen LogP contribution in [0.4, 0.5) is 5.69 Å². The third-order valence-corrected chi connectivity index (χ3v) is 3.71. The van der Waals surface area contributed by atoms with Gasteiger partial charge in [0.25, 0.3) is 5.91 Å². The maximum absolute atomic E-state index is 12.4. The summed E-state index contributed by atoms with van der Waals surface area (Å²) in [5, 5.41) is 3.29. The van der Waals surface area contributed by atoms with Gasteiger partial charge in [0.1, 0.15) is 5.69 Å². The Hall–Kier alpha value is -1.58. The Labute approximate surface area is 115 Å². The number of carbonyl (C=O) groups excluding carboxylic acids is 1. The van der Waals surface area contributed by atoms with Gasteiger partial charge in [0, 0.05) is 31.5 Å². The van der Waals surface area contributed by atoms with Gasteiger partial charge >= 0.3 is 0 Å². The van der Waals surface area contributed by atoms with Crippen molar-refractivity contribution >= 4 is 11.6 Å². The molecular weight excluding hydrogens is 238 g/mol. The second-order valence-electron chi connectivity index (χ2n) is 5.17. The average Bonchev–Trinajstić information content (AvgIpc) is 2.93. The topological polar surface area (TPSA) is 45.2 Å². The standard InChI is InChI=1S/C15H23N3O/c1-3-7-16-13-5-8-17-14(10-13)15(19)18-9-6-12(4-2)11-18/h5,8,10,12H,3-4,6-7,9,11H2,1-2H3,(H,16,17). The fourth-order valence-corrected chi connectivity index (χ4v) is 2.44. The van der Waals surface area contributed by atoms with Gasteiger partial charge in [0.15, 0.2) is 0 Å². The minimum atomic E-state index is 0.0658. The summed E-state index contributed by atoms with van der Waals surface area (Å²) in [5.74, 6) is 0.724.